The van der Waals surface area contributed by atoms with Gasteiger partial charge in [-0.1, -0.05) is 279 Å². The molecule has 0 saturated heterocycles. The third kappa shape index (κ3) is 32.8. The van der Waals surface area contributed by atoms with Crippen LogP contribution in [0.4, 0.5) is 17.6 Å². The van der Waals surface area contributed by atoms with E-state index in [9.17, 15) is 17.6 Å². The average Bonchev–Trinajstić information content (AvgIpc) is 0.786. The van der Waals surface area contributed by atoms with Gasteiger partial charge < -0.3 is 24.9 Å². The van der Waals surface area contributed by atoms with Crippen molar-refractivity contribution in [2.45, 2.75) is 185 Å². The zero-order chi connectivity index (χ0) is 86.2. The summed E-state index contributed by atoms with van der Waals surface area (Å²) in [4.78, 5) is 22.4. The van der Waals surface area contributed by atoms with E-state index in [1.54, 1.807) is 24.4 Å². The topological polar surface area (TPSA) is 64.5 Å². The second-order valence-corrected chi connectivity index (χ2v) is 31.7. The Labute approximate surface area is 821 Å². The average molecular weight is 2580 g/mol. The Kier molecular flexibility index (Phi) is 46.3. The minimum Gasteiger partial charge on any atom is -0.304 e. The zero-order valence-electron chi connectivity index (χ0n) is 74.3. The van der Waals surface area contributed by atoms with E-state index in [0.29, 0.717) is 28.3 Å². The quantitative estimate of drug-likeness (QED) is 0.0307. The number of unbranched alkanes of at least 4 members (excludes halogenated alkanes) is 6. The zero-order valence-corrected chi connectivity index (χ0v) is 86.3. The van der Waals surface area contributed by atoms with Crippen molar-refractivity contribution in [1.82, 2.24) is 24.9 Å². The Hall–Kier alpha value is -9.08. The van der Waals surface area contributed by atoms with Crippen molar-refractivity contribution in [1.29, 1.82) is 0 Å². The van der Waals surface area contributed by atoms with Gasteiger partial charge in [0.25, 0.3) is 0 Å². The number of aromatic nitrogens is 5. The van der Waals surface area contributed by atoms with Crippen molar-refractivity contribution in [2.75, 3.05) is 0 Å². The molecule has 5 aromatic heterocycles. The summed E-state index contributed by atoms with van der Waals surface area (Å²) in [7, 11) is 0. The molecule has 0 spiro atoms. The van der Waals surface area contributed by atoms with Gasteiger partial charge in [-0.15, -0.1) is 154 Å². The van der Waals surface area contributed by atoms with Crippen molar-refractivity contribution >= 4 is 0 Å². The number of aryl methyl sites for hydroxylation is 9. The Bertz CT molecular complexity index is 5730. The molecule has 10 aromatic carbocycles. The molecule has 0 aliphatic rings. The van der Waals surface area contributed by atoms with Crippen LogP contribution in [0.3, 0.4) is 0 Å². The fourth-order valence-corrected chi connectivity index (χ4v) is 14.1. The van der Waals surface area contributed by atoms with E-state index < -0.39 is 11.7 Å². The molecular weight excluding hydrogens is 2460 g/mol. The van der Waals surface area contributed by atoms with Crippen LogP contribution in [0.15, 0.2) is 292 Å². The van der Waals surface area contributed by atoms with Crippen LogP contribution in [-0.2, 0) is 132 Å². The largest absolute Gasteiger partial charge is 0.382 e. The summed E-state index contributed by atoms with van der Waals surface area (Å²) in [6, 6.07) is 102. The Morgan fingerprint density at radius 1 is 0.299 bits per heavy atom. The molecule has 5 nitrogen and oxygen atoms in total. The van der Waals surface area contributed by atoms with E-state index in [2.05, 4.69) is 275 Å². The number of hydrogen-bond acceptors (Lipinski definition) is 5. The molecule has 0 amide bonds. The first-order chi connectivity index (χ1) is 59.2. The van der Waals surface area contributed by atoms with Gasteiger partial charge in [-0.05, 0) is 210 Å². The smallest absolute Gasteiger partial charge is 0.304 e. The van der Waals surface area contributed by atoms with E-state index in [1.165, 1.54) is 149 Å². The second-order valence-electron chi connectivity index (χ2n) is 31.7. The summed E-state index contributed by atoms with van der Waals surface area (Å²) in [6.07, 6.45) is 22.5. The molecule has 15 aromatic rings. The summed E-state index contributed by atoms with van der Waals surface area (Å²) in [6.45, 7) is 23.4. The van der Waals surface area contributed by atoms with Crippen molar-refractivity contribution in [3.8, 4) is 112 Å². The number of pyridine rings is 5. The van der Waals surface area contributed by atoms with Crippen LogP contribution in [0.5, 0.6) is 0 Å². The fourth-order valence-electron chi connectivity index (χ4n) is 14.1. The van der Waals surface area contributed by atoms with Crippen LogP contribution in [-0.4, -0.2) is 24.9 Å². The van der Waals surface area contributed by atoms with Crippen LogP contribution in [0.1, 0.15) is 179 Å². The molecule has 5 heterocycles. The van der Waals surface area contributed by atoms with Crippen molar-refractivity contribution in [2.24, 2.45) is 0 Å². The maximum atomic E-state index is 14.3. The molecule has 0 bridgehead atoms. The summed E-state index contributed by atoms with van der Waals surface area (Å²) in [5, 5.41) is 0. The number of nitrogens with zero attached hydrogens (tertiary/aromatic N) is 5. The van der Waals surface area contributed by atoms with Gasteiger partial charge in [0.1, 0.15) is 0 Å². The van der Waals surface area contributed by atoms with Crippen LogP contribution < -0.4 is 0 Å². The third-order valence-electron chi connectivity index (χ3n) is 21.8. The molecule has 5 radical (unpaired) electrons. The van der Waals surface area contributed by atoms with Crippen LogP contribution >= 0.6 is 0 Å². The normalized spacial score (nSPS) is 10.8. The number of hydrogen-bond donors (Lipinski definition) is 0. The minimum atomic E-state index is -4.44. The summed E-state index contributed by atoms with van der Waals surface area (Å²) in [5.41, 5.74) is 30.0. The SMILES string of the molecule is CCC(C)c1ccc(-c2cc[c-]c(-c3ccc(C)cn3)c2)cc1.CCCCCCc1cccc(-c2cc[c-]c(-c3ccc(C)cn3)c2)c1.CCCCc1ccc(-c2[c-]ccc(-c3cccc(C)c3)c2)nc1.CCCCc1ccc(-c2cc(-c3ccc(C)cn3)[c-]cc2C(F)(F)F)cc1.CCCCc1ccc(-c2cc(-c3ccc(C)cn3)[c-]cc2F)cc1.[Ir].[Ir].[Ir].[Ir].[Ir]. The molecule has 0 fully saturated rings. The minimum absolute atomic E-state index is 0. The molecule has 667 valence electrons. The maximum Gasteiger partial charge on any atom is 0.382 e. The fraction of sp³-hybridized carbons (Fsp3) is 0.248. The summed E-state index contributed by atoms with van der Waals surface area (Å²) >= 11 is 0. The van der Waals surface area contributed by atoms with Gasteiger partial charge in [0, 0.05) is 137 Å². The van der Waals surface area contributed by atoms with Crippen LogP contribution in [0.2, 0.25) is 0 Å². The van der Waals surface area contributed by atoms with Gasteiger partial charge in [-0.25, -0.2) is 0 Å². The third-order valence-corrected chi connectivity index (χ3v) is 21.8. The maximum absolute atomic E-state index is 14.3. The Balaban J connectivity index is 0.000000243. The first-order valence-electron chi connectivity index (χ1n) is 43.3. The first kappa shape index (κ1) is 107. The van der Waals surface area contributed by atoms with Crippen molar-refractivity contribution in [3.05, 3.63) is 389 Å². The molecular formula is C113H112F4Ir5N5-5. The molecule has 14 heteroatoms. The van der Waals surface area contributed by atoms with E-state index in [4.69, 9.17) is 0 Å². The molecule has 15 rings (SSSR count). The molecule has 0 saturated carbocycles. The molecule has 1 unspecified atom stereocenters. The van der Waals surface area contributed by atoms with Gasteiger partial charge >= 0.3 is 6.18 Å². The first-order valence-corrected chi connectivity index (χ1v) is 43.3. The van der Waals surface area contributed by atoms with Gasteiger partial charge in [0.2, 0.25) is 0 Å². The van der Waals surface area contributed by atoms with Crippen molar-refractivity contribution in [3.63, 3.8) is 0 Å². The standard InChI is InChI=1S/C24H26N.C23H21F3N.C22H21FN.2C22H22N.5Ir/c1-3-4-5-6-9-20-10-7-11-21(16-20)22-12-8-13-23(17-22)24-15-14-19(2)18-25-24;1-3-4-5-17-7-9-18(10-8-17)20-14-19(11-12-21(20)23(24,25)26)22-13-6-16(2)15-27-22;1-3-4-5-17-7-9-18(10-8-17)20-14-19(11-12-21(20)23)22-13-6-16(2)15-24-22;1-4-17(3)18-9-11-19(12-10-18)20-6-5-7-21(14-20)22-13-8-16(2)15-23-22;1-3-4-8-18-12-13-22(23-16-18)21-11-6-10-20(15-21)19-9-5-7-17(2)14-19;;;;;/h7-8,10-12,14-18H,3-6,9H2,1-2H3;6-10,12-15H,3-5H2,1-2H3;6-10,12-15H,3-5H2,1-2H3;5-6,8-15,17H,4H2,1-3H3;5-7,9-10,12-16H,3-4,8H2,1-2H3;;;;;/q5*-1;;;;;. The number of rotatable bonds is 26. The number of alkyl halides is 3. The van der Waals surface area contributed by atoms with E-state index in [0.717, 1.165) is 105 Å². The Morgan fingerprint density at radius 2 is 0.661 bits per heavy atom. The monoisotopic (exact) mass is 2580 g/mol. The molecule has 0 aliphatic heterocycles. The van der Waals surface area contributed by atoms with E-state index in [1.807, 2.05) is 105 Å². The molecule has 0 aliphatic carbocycles. The number of benzene rings is 10. The predicted octanol–water partition coefficient (Wildman–Crippen LogP) is 31.4. The summed E-state index contributed by atoms with van der Waals surface area (Å²) in [5.74, 6) is 0.354. The van der Waals surface area contributed by atoms with Gasteiger partial charge in [0.15, 0.2) is 0 Å². The van der Waals surface area contributed by atoms with Crippen LogP contribution in [0.25, 0.3) is 112 Å². The second kappa shape index (κ2) is 55.1. The van der Waals surface area contributed by atoms with Crippen molar-refractivity contribution < 1.29 is 118 Å². The van der Waals surface area contributed by atoms with Gasteiger partial charge in [0.05, 0.1) is 0 Å². The van der Waals surface area contributed by atoms with E-state index >= 15 is 0 Å². The Morgan fingerprint density at radius 3 is 1.07 bits per heavy atom. The predicted molar refractivity (Wildman–Crippen MR) is 501 cm³/mol. The molecule has 127 heavy (non-hydrogen) atoms. The summed E-state index contributed by atoms with van der Waals surface area (Å²) < 4.78 is 54.9. The number of halogens is 4. The van der Waals surface area contributed by atoms with E-state index in [-0.39, 0.29) is 112 Å². The molecule has 1 atom stereocenters. The van der Waals surface area contributed by atoms with Gasteiger partial charge in [-0.2, -0.15) is 13.2 Å². The van der Waals surface area contributed by atoms with Crippen LogP contribution in [0, 0.1) is 70.8 Å². The van der Waals surface area contributed by atoms with Gasteiger partial charge in [-0.3, -0.25) is 4.39 Å². The molecule has 0 N–H and O–H groups in total.